The molecule has 0 aliphatic rings. The van der Waals surface area contributed by atoms with E-state index in [-0.39, 0.29) is 11.3 Å². The molecule has 0 unspecified atom stereocenters. The van der Waals surface area contributed by atoms with Crippen molar-refractivity contribution >= 4 is 13.8 Å². The molecule has 0 saturated heterocycles. The van der Waals surface area contributed by atoms with E-state index in [1.807, 2.05) is 0 Å². The second-order valence-electron chi connectivity index (χ2n) is 2.92. The summed E-state index contributed by atoms with van der Waals surface area (Å²) in [6, 6.07) is 3.76. The highest BCUT2D eigenvalue weighted by Crippen LogP contribution is 2.38. The molecule has 0 bridgehead atoms. The lowest BCUT2D eigenvalue weighted by molar-refractivity contribution is 0.0696. The fourth-order valence-electron chi connectivity index (χ4n) is 1.06. The van der Waals surface area contributed by atoms with Crippen LogP contribution < -0.4 is 4.52 Å². The Kier molecular flexibility index (Phi) is 3.14. The number of carbonyl (C=O) groups is 1. The van der Waals surface area contributed by atoms with Gasteiger partial charge in [-0.15, -0.1) is 0 Å². The molecule has 0 heterocycles. The van der Waals surface area contributed by atoms with Crippen LogP contribution in [0, 0.1) is 6.92 Å². The minimum Gasteiger partial charge on any atom is -0.478 e. The first-order valence-corrected chi connectivity index (χ1v) is 5.41. The van der Waals surface area contributed by atoms with Crippen molar-refractivity contribution in [3.63, 3.8) is 0 Å². The maximum Gasteiger partial charge on any atom is 0.524 e. The highest BCUT2D eigenvalue weighted by molar-refractivity contribution is 7.46. The standard InChI is InChI=1S/C8H9O6P/c1-5-2-6(8(9)10)4-7(3-5)14-15(11,12)13/h2-4H,1H3,(H,9,10)(H2,11,12,13). The van der Waals surface area contributed by atoms with Crippen molar-refractivity contribution in [2.75, 3.05) is 0 Å². The molecule has 3 N–H and O–H groups in total. The summed E-state index contributed by atoms with van der Waals surface area (Å²) >= 11 is 0. The molecule has 6 nitrogen and oxygen atoms in total. The van der Waals surface area contributed by atoms with Gasteiger partial charge < -0.3 is 9.63 Å². The van der Waals surface area contributed by atoms with Gasteiger partial charge in [0.25, 0.3) is 0 Å². The molecule has 7 heteroatoms. The van der Waals surface area contributed by atoms with E-state index in [2.05, 4.69) is 4.52 Å². The first-order chi connectivity index (χ1) is 6.78. The third-order valence-corrected chi connectivity index (χ3v) is 1.97. The van der Waals surface area contributed by atoms with Crippen LogP contribution in [0.25, 0.3) is 0 Å². The quantitative estimate of drug-likeness (QED) is 0.675. The highest BCUT2D eigenvalue weighted by Gasteiger charge is 2.17. The predicted molar refractivity (Wildman–Crippen MR) is 50.8 cm³/mol. The molecular formula is C8H9O6P. The number of carboxylic acids is 1. The van der Waals surface area contributed by atoms with Crippen LogP contribution in [0.5, 0.6) is 5.75 Å². The maximum atomic E-state index is 10.6. The SMILES string of the molecule is Cc1cc(OP(=O)(O)O)cc(C(=O)O)c1. The number of phosphoric ester groups is 1. The van der Waals surface area contributed by atoms with E-state index < -0.39 is 13.8 Å². The van der Waals surface area contributed by atoms with Crippen molar-refractivity contribution in [1.82, 2.24) is 0 Å². The monoisotopic (exact) mass is 232 g/mol. The zero-order valence-electron chi connectivity index (χ0n) is 7.75. The third-order valence-electron chi connectivity index (χ3n) is 1.52. The summed E-state index contributed by atoms with van der Waals surface area (Å²) in [6.07, 6.45) is 0. The highest BCUT2D eigenvalue weighted by atomic mass is 31.2. The molecule has 1 aromatic rings. The Morgan fingerprint density at radius 3 is 2.40 bits per heavy atom. The van der Waals surface area contributed by atoms with Crippen molar-refractivity contribution in [3.8, 4) is 5.75 Å². The molecule has 0 fully saturated rings. The number of phosphoric acid groups is 1. The van der Waals surface area contributed by atoms with Crippen LogP contribution in [0.4, 0.5) is 0 Å². The first kappa shape index (κ1) is 11.7. The van der Waals surface area contributed by atoms with Gasteiger partial charge in [-0.05, 0) is 30.7 Å². The Labute approximate surface area is 85.4 Å². The Morgan fingerprint density at radius 2 is 1.93 bits per heavy atom. The summed E-state index contributed by atoms with van der Waals surface area (Å²) in [7, 11) is -4.65. The van der Waals surface area contributed by atoms with E-state index >= 15 is 0 Å². The van der Waals surface area contributed by atoms with Crippen LogP contribution in [0.2, 0.25) is 0 Å². The van der Waals surface area contributed by atoms with Crippen LogP contribution in [0.15, 0.2) is 18.2 Å². The van der Waals surface area contributed by atoms with Crippen molar-refractivity contribution in [2.24, 2.45) is 0 Å². The zero-order valence-corrected chi connectivity index (χ0v) is 8.64. The normalized spacial score (nSPS) is 11.1. The van der Waals surface area contributed by atoms with E-state index in [0.717, 1.165) is 6.07 Å². The van der Waals surface area contributed by atoms with Gasteiger partial charge in [0.2, 0.25) is 0 Å². The van der Waals surface area contributed by atoms with E-state index in [1.165, 1.54) is 12.1 Å². The minimum absolute atomic E-state index is 0.0848. The molecule has 0 radical (unpaired) electrons. The summed E-state index contributed by atoms with van der Waals surface area (Å²) in [4.78, 5) is 27.7. The third kappa shape index (κ3) is 3.71. The number of carboxylic acid groups (broad SMARTS) is 1. The molecule has 0 amide bonds. The Bertz CT molecular complexity index is 435. The van der Waals surface area contributed by atoms with Gasteiger partial charge in [0, 0.05) is 0 Å². The number of hydrogen-bond acceptors (Lipinski definition) is 3. The smallest absolute Gasteiger partial charge is 0.478 e. The van der Waals surface area contributed by atoms with Gasteiger partial charge in [-0.25, -0.2) is 9.36 Å². The van der Waals surface area contributed by atoms with Crippen molar-refractivity contribution in [2.45, 2.75) is 6.92 Å². The van der Waals surface area contributed by atoms with Crippen LogP contribution in [-0.2, 0) is 4.57 Å². The summed E-state index contributed by atoms with van der Waals surface area (Å²) < 4.78 is 14.8. The van der Waals surface area contributed by atoms with Gasteiger partial charge in [0.15, 0.2) is 0 Å². The maximum absolute atomic E-state index is 10.6. The fourth-order valence-corrected chi connectivity index (χ4v) is 1.44. The Morgan fingerprint density at radius 1 is 1.33 bits per heavy atom. The van der Waals surface area contributed by atoms with Crippen molar-refractivity contribution < 1.29 is 28.8 Å². The average molecular weight is 232 g/mol. The van der Waals surface area contributed by atoms with Gasteiger partial charge in [0.1, 0.15) is 5.75 Å². The number of rotatable bonds is 3. The second kappa shape index (κ2) is 4.02. The van der Waals surface area contributed by atoms with E-state index in [4.69, 9.17) is 14.9 Å². The van der Waals surface area contributed by atoms with E-state index in [1.54, 1.807) is 6.92 Å². The molecule has 0 saturated carbocycles. The topological polar surface area (TPSA) is 104 Å². The zero-order chi connectivity index (χ0) is 11.6. The molecule has 0 aromatic heterocycles. The van der Waals surface area contributed by atoms with Gasteiger partial charge in [-0.3, -0.25) is 9.79 Å². The molecule has 0 aliphatic carbocycles. The molecule has 0 spiro atoms. The molecule has 1 aromatic carbocycles. The van der Waals surface area contributed by atoms with Crippen LogP contribution in [0.1, 0.15) is 15.9 Å². The van der Waals surface area contributed by atoms with Crippen molar-refractivity contribution in [1.29, 1.82) is 0 Å². The molecule has 15 heavy (non-hydrogen) atoms. The predicted octanol–water partition coefficient (Wildman–Crippen LogP) is 1.16. The van der Waals surface area contributed by atoms with Gasteiger partial charge in [-0.2, -0.15) is 0 Å². The lowest BCUT2D eigenvalue weighted by Gasteiger charge is -2.08. The minimum atomic E-state index is -4.65. The largest absolute Gasteiger partial charge is 0.524 e. The van der Waals surface area contributed by atoms with Crippen molar-refractivity contribution in [3.05, 3.63) is 29.3 Å². The summed E-state index contributed by atoms with van der Waals surface area (Å²) in [5.74, 6) is -1.35. The lowest BCUT2D eigenvalue weighted by atomic mass is 10.1. The van der Waals surface area contributed by atoms with Crippen LogP contribution in [0.3, 0.4) is 0 Å². The summed E-state index contributed by atoms with van der Waals surface area (Å²) in [5, 5.41) is 8.68. The summed E-state index contributed by atoms with van der Waals surface area (Å²) in [6.45, 7) is 1.60. The first-order valence-electron chi connectivity index (χ1n) is 3.88. The molecule has 1 rings (SSSR count). The van der Waals surface area contributed by atoms with Gasteiger partial charge >= 0.3 is 13.8 Å². The Hall–Kier alpha value is -1.36. The van der Waals surface area contributed by atoms with E-state index in [0.29, 0.717) is 5.56 Å². The van der Waals surface area contributed by atoms with Crippen LogP contribution >= 0.6 is 7.82 Å². The number of hydrogen-bond donors (Lipinski definition) is 3. The summed E-state index contributed by atoms with van der Waals surface area (Å²) in [5.41, 5.74) is 0.455. The lowest BCUT2D eigenvalue weighted by Crippen LogP contribution is -1.98. The van der Waals surface area contributed by atoms with Crippen LogP contribution in [-0.4, -0.2) is 20.9 Å². The molecular weight excluding hydrogens is 223 g/mol. The number of aryl methyl sites for hydroxylation is 1. The second-order valence-corrected chi connectivity index (χ2v) is 4.09. The number of aromatic carboxylic acids is 1. The number of benzene rings is 1. The fraction of sp³-hybridized carbons (Fsp3) is 0.125. The van der Waals surface area contributed by atoms with E-state index in [9.17, 15) is 9.36 Å². The van der Waals surface area contributed by atoms with Gasteiger partial charge in [-0.1, -0.05) is 0 Å². The average Bonchev–Trinajstić information content (AvgIpc) is 1.99. The van der Waals surface area contributed by atoms with Gasteiger partial charge in [0.05, 0.1) is 5.56 Å². The Balaban J connectivity index is 3.10. The molecule has 82 valence electrons. The molecule has 0 atom stereocenters. The molecule has 0 aliphatic heterocycles.